The van der Waals surface area contributed by atoms with Crippen molar-refractivity contribution in [3.63, 3.8) is 0 Å². The van der Waals surface area contributed by atoms with Crippen LogP contribution in [0.15, 0.2) is 30.6 Å². The van der Waals surface area contributed by atoms with E-state index in [-0.39, 0.29) is 18.8 Å². The molecule has 9 nitrogen and oxygen atoms in total. The van der Waals surface area contributed by atoms with Crippen molar-refractivity contribution in [2.75, 3.05) is 13.4 Å². The number of hydrogen-bond donors (Lipinski definition) is 0. The third-order valence-corrected chi connectivity index (χ3v) is 7.17. The van der Waals surface area contributed by atoms with Crippen LogP contribution in [0.5, 0.6) is 11.5 Å². The zero-order chi connectivity index (χ0) is 23.5. The predicted molar refractivity (Wildman–Crippen MR) is 127 cm³/mol. The van der Waals surface area contributed by atoms with Gasteiger partial charge in [-0.2, -0.15) is 5.10 Å². The van der Waals surface area contributed by atoms with Crippen molar-refractivity contribution < 1.29 is 14.2 Å². The van der Waals surface area contributed by atoms with Crippen LogP contribution >= 0.6 is 0 Å². The summed E-state index contributed by atoms with van der Waals surface area (Å²) >= 11 is 0. The minimum atomic E-state index is -0.0208. The number of aromatic nitrogens is 6. The molecule has 0 unspecified atom stereocenters. The molecule has 2 aliphatic heterocycles. The van der Waals surface area contributed by atoms with E-state index in [0.717, 1.165) is 46.9 Å². The van der Waals surface area contributed by atoms with Gasteiger partial charge in [0.25, 0.3) is 0 Å². The number of rotatable bonds is 4. The van der Waals surface area contributed by atoms with Crippen molar-refractivity contribution in [3.05, 3.63) is 53.4 Å². The first-order chi connectivity index (χ1) is 17.1. The van der Waals surface area contributed by atoms with Gasteiger partial charge in [-0.25, -0.2) is 19.9 Å². The van der Waals surface area contributed by atoms with E-state index in [1.807, 2.05) is 38.2 Å². The fourth-order valence-electron chi connectivity index (χ4n) is 4.94. The molecule has 0 N–H and O–H groups in total. The number of para-hydroxylation sites is 1. The second-order valence-electron chi connectivity index (χ2n) is 9.60. The fourth-order valence-corrected chi connectivity index (χ4v) is 4.94. The van der Waals surface area contributed by atoms with Crippen molar-refractivity contribution in [3.8, 4) is 22.8 Å². The standard InChI is InChI=1S/C26H26N6O3/c1-14-15(2)29-26-23(28-14)22(19-4-3-5-20-24(19)35-13-34-20)30-25(31-26)16-8-9-33-21(10-16)17-11-27-32(12-17)18-6-7-18/h3-5,11-12,16,18,21H,6-10,13H2,1-2H3/t16-,21-/m1/s1. The zero-order valence-electron chi connectivity index (χ0n) is 19.8. The van der Waals surface area contributed by atoms with Gasteiger partial charge in [0.15, 0.2) is 17.1 Å². The van der Waals surface area contributed by atoms with Crippen molar-refractivity contribution in [1.82, 2.24) is 29.7 Å². The van der Waals surface area contributed by atoms with E-state index in [1.165, 1.54) is 12.8 Å². The lowest BCUT2D eigenvalue weighted by Gasteiger charge is -2.28. The Morgan fingerprint density at radius 3 is 2.74 bits per heavy atom. The lowest BCUT2D eigenvalue weighted by atomic mass is 9.92. The zero-order valence-corrected chi connectivity index (χ0v) is 19.8. The molecule has 2 atom stereocenters. The SMILES string of the molecule is Cc1nc2nc([C@@H]3CCO[C@@H](c4cnn(C5CC5)c4)C3)nc(-c3cccc4c3OCO4)c2nc1C. The van der Waals surface area contributed by atoms with E-state index >= 15 is 0 Å². The molecule has 3 aromatic heterocycles. The molecule has 1 saturated heterocycles. The van der Waals surface area contributed by atoms with Crippen LogP contribution in [0.4, 0.5) is 0 Å². The molecule has 9 heteroatoms. The monoisotopic (exact) mass is 470 g/mol. The summed E-state index contributed by atoms with van der Waals surface area (Å²) in [6.45, 7) is 4.76. The highest BCUT2D eigenvalue weighted by atomic mass is 16.7. The molecule has 7 rings (SSSR count). The van der Waals surface area contributed by atoms with Gasteiger partial charge in [-0.05, 0) is 51.7 Å². The summed E-state index contributed by atoms with van der Waals surface area (Å²) in [5.74, 6) is 2.31. The number of aryl methyl sites for hydroxylation is 2. The Morgan fingerprint density at radius 1 is 0.971 bits per heavy atom. The van der Waals surface area contributed by atoms with Gasteiger partial charge in [0.05, 0.1) is 29.7 Å². The van der Waals surface area contributed by atoms with Gasteiger partial charge < -0.3 is 14.2 Å². The molecule has 35 heavy (non-hydrogen) atoms. The Morgan fingerprint density at radius 2 is 1.86 bits per heavy atom. The van der Waals surface area contributed by atoms with E-state index in [1.54, 1.807) is 0 Å². The summed E-state index contributed by atoms with van der Waals surface area (Å²) < 4.78 is 19.7. The molecular formula is C26H26N6O3. The minimum Gasteiger partial charge on any atom is -0.454 e. The molecule has 1 saturated carbocycles. The Hall–Kier alpha value is -3.59. The van der Waals surface area contributed by atoms with Crippen LogP contribution in [0.25, 0.3) is 22.4 Å². The highest BCUT2D eigenvalue weighted by molar-refractivity contribution is 5.90. The molecule has 2 fully saturated rings. The normalized spacial score (nSPS) is 21.5. The van der Waals surface area contributed by atoms with Crippen LogP contribution in [0.2, 0.25) is 0 Å². The summed E-state index contributed by atoms with van der Waals surface area (Å²) in [5, 5.41) is 4.56. The summed E-state index contributed by atoms with van der Waals surface area (Å²) in [5.41, 5.74) is 5.71. The second kappa shape index (κ2) is 7.98. The van der Waals surface area contributed by atoms with E-state index in [9.17, 15) is 0 Å². The van der Waals surface area contributed by atoms with Crippen LogP contribution < -0.4 is 9.47 Å². The van der Waals surface area contributed by atoms with E-state index in [0.29, 0.717) is 35.3 Å². The van der Waals surface area contributed by atoms with Crippen LogP contribution in [-0.4, -0.2) is 43.1 Å². The number of hydrogen-bond acceptors (Lipinski definition) is 8. The van der Waals surface area contributed by atoms with Gasteiger partial charge in [0.2, 0.25) is 6.79 Å². The first kappa shape index (κ1) is 20.8. The van der Waals surface area contributed by atoms with Crippen molar-refractivity contribution in [1.29, 1.82) is 0 Å². The van der Waals surface area contributed by atoms with Gasteiger partial charge in [-0.1, -0.05) is 6.07 Å². The first-order valence-electron chi connectivity index (χ1n) is 12.2. The molecule has 0 amide bonds. The van der Waals surface area contributed by atoms with Crippen LogP contribution in [0, 0.1) is 13.8 Å². The third-order valence-electron chi connectivity index (χ3n) is 7.17. The van der Waals surface area contributed by atoms with E-state index < -0.39 is 0 Å². The predicted octanol–water partition coefficient (Wildman–Crippen LogP) is 4.60. The van der Waals surface area contributed by atoms with Gasteiger partial charge >= 0.3 is 0 Å². The van der Waals surface area contributed by atoms with Gasteiger partial charge in [-0.15, -0.1) is 0 Å². The Balaban J connectivity index is 1.31. The van der Waals surface area contributed by atoms with E-state index in [2.05, 4.69) is 16.0 Å². The molecule has 3 aliphatic rings. The summed E-state index contributed by atoms with van der Waals surface area (Å²) in [7, 11) is 0. The van der Waals surface area contributed by atoms with Gasteiger partial charge in [0.1, 0.15) is 17.0 Å². The second-order valence-corrected chi connectivity index (χ2v) is 9.60. The summed E-state index contributed by atoms with van der Waals surface area (Å²) in [6.07, 6.45) is 8.13. The number of benzene rings is 1. The lowest BCUT2D eigenvalue weighted by molar-refractivity contribution is 0.00396. The Bertz CT molecular complexity index is 1450. The maximum absolute atomic E-state index is 6.15. The van der Waals surface area contributed by atoms with Crippen molar-refractivity contribution in [2.24, 2.45) is 0 Å². The molecule has 0 bridgehead atoms. The quantitative estimate of drug-likeness (QED) is 0.427. The molecule has 178 valence electrons. The molecule has 0 radical (unpaired) electrons. The maximum atomic E-state index is 6.15. The van der Waals surface area contributed by atoms with Crippen molar-refractivity contribution >= 4 is 11.2 Å². The number of nitrogens with zero attached hydrogens (tertiary/aromatic N) is 6. The van der Waals surface area contributed by atoms with Crippen LogP contribution in [0.1, 0.15) is 66.5 Å². The average molecular weight is 471 g/mol. The van der Waals surface area contributed by atoms with Gasteiger partial charge in [0, 0.05) is 29.8 Å². The lowest BCUT2D eigenvalue weighted by Crippen LogP contribution is -2.20. The summed E-state index contributed by atoms with van der Waals surface area (Å²) in [4.78, 5) is 19.6. The summed E-state index contributed by atoms with van der Waals surface area (Å²) in [6, 6.07) is 6.41. The van der Waals surface area contributed by atoms with Crippen LogP contribution in [0.3, 0.4) is 0 Å². The molecule has 4 aromatic rings. The molecule has 1 aliphatic carbocycles. The fraction of sp³-hybridized carbons (Fsp3) is 0.423. The smallest absolute Gasteiger partial charge is 0.231 e. The number of fused-ring (bicyclic) bond motifs is 2. The minimum absolute atomic E-state index is 0.0208. The third kappa shape index (κ3) is 3.61. The van der Waals surface area contributed by atoms with E-state index in [4.69, 9.17) is 34.1 Å². The molecule has 1 aromatic carbocycles. The van der Waals surface area contributed by atoms with Gasteiger partial charge in [-0.3, -0.25) is 4.68 Å². The van der Waals surface area contributed by atoms with Crippen LogP contribution in [-0.2, 0) is 4.74 Å². The Kier molecular flexibility index (Phi) is 4.73. The highest BCUT2D eigenvalue weighted by Gasteiger charge is 2.31. The molecular weight excluding hydrogens is 444 g/mol. The topological polar surface area (TPSA) is 97.1 Å². The number of ether oxygens (including phenoxy) is 3. The maximum Gasteiger partial charge on any atom is 0.231 e. The Labute approximate surface area is 202 Å². The highest BCUT2D eigenvalue weighted by Crippen LogP contribution is 2.43. The molecule has 0 spiro atoms. The molecule has 5 heterocycles. The average Bonchev–Trinajstić information content (AvgIpc) is 3.40. The van der Waals surface area contributed by atoms with Crippen molar-refractivity contribution in [2.45, 2.75) is 57.6 Å². The first-order valence-corrected chi connectivity index (χ1v) is 12.2. The largest absolute Gasteiger partial charge is 0.454 e.